The standard InChI is InChI=1S/C20H25N7O/c1-13(2)27-11-18(24-25-20(28)16-8-21-12-22-9-16)19(26-27)23-10-17-14(3)6-5-7-15(17)4/h5-9,11-13,24H,10H2,1-4H3,(H,23,26)(H,25,28). The van der Waals surface area contributed by atoms with Gasteiger partial charge in [-0.2, -0.15) is 5.10 Å². The molecule has 3 N–H and O–H groups in total. The van der Waals surface area contributed by atoms with Crippen LogP contribution in [0.3, 0.4) is 0 Å². The van der Waals surface area contributed by atoms with Gasteiger partial charge in [-0.05, 0) is 44.4 Å². The smallest absolute Gasteiger partial charge is 0.272 e. The molecule has 0 aliphatic carbocycles. The molecule has 0 aliphatic rings. The second kappa shape index (κ2) is 8.51. The summed E-state index contributed by atoms with van der Waals surface area (Å²) in [4.78, 5) is 20.0. The first-order valence-electron chi connectivity index (χ1n) is 9.15. The van der Waals surface area contributed by atoms with Crippen molar-refractivity contribution in [3.63, 3.8) is 0 Å². The molecule has 146 valence electrons. The first kappa shape index (κ1) is 19.3. The Morgan fingerprint density at radius 2 is 1.82 bits per heavy atom. The molecule has 1 aromatic carbocycles. The van der Waals surface area contributed by atoms with Crippen molar-refractivity contribution in [1.82, 2.24) is 25.2 Å². The predicted octanol–water partition coefficient (Wildman–Crippen LogP) is 3.24. The Bertz CT molecular complexity index is 930. The normalized spacial score (nSPS) is 10.8. The topological polar surface area (TPSA) is 96.8 Å². The van der Waals surface area contributed by atoms with E-state index in [1.54, 1.807) is 0 Å². The van der Waals surface area contributed by atoms with Gasteiger partial charge >= 0.3 is 0 Å². The van der Waals surface area contributed by atoms with Gasteiger partial charge in [-0.1, -0.05) is 18.2 Å². The molecule has 0 bridgehead atoms. The molecule has 0 unspecified atom stereocenters. The summed E-state index contributed by atoms with van der Waals surface area (Å²) in [6.45, 7) is 8.93. The fourth-order valence-corrected chi connectivity index (χ4v) is 2.79. The van der Waals surface area contributed by atoms with Crippen LogP contribution in [0.15, 0.2) is 43.1 Å². The zero-order valence-corrected chi connectivity index (χ0v) is 16.5. The number of nitrogens with one attached hydrogen (secondary N) is 3. The number of hydrazine groups is 1. The van der Waals surface area contributed by atoms with Gasteiger partial charge in [0.15, 0.2) is 5.82 Å². The van der Waals surface area contributed by atoms with Gasteiger partial charge in [-0.3, -0.25) is 20.3 Å². The maximum atomic E-state index is 12.2. The Balaban J connectivity index is 1.74. The summed E-state index contributed by atoms with van der Waals surface area (Å²) in [5.41, 5.74) is 10.4. The maximum absolute atomic E-state index is 12.2. The molecule has 2 heterocycles. The molecule has 0 radical (unpaired) electrons. The number of carbonyl (C=O) groups excluding carboxylic acids is 1. The first-order valence-corrected chi connectivity index (χ1v) is 9.15. The van der Waals surface area contributed by atoms with Crippen molar-refractivity contribution in [2.75, 3.05) is 10.7 Å². The highest BCUT2D eigenvalue weighted by atomic mass is 16.2. The fraction of sp³-hybridized carbons (Fsp3) is 0.300. The number of rotatable bonds is 7. The SMILES string of the molecule is Cc1cccc(C)c1CNc1nn(C(C)C)cc1NNC(=O)c1cncnc1. The summed E-state index contributed by atoms with van der Waals surface area (Å²) in [6.07, 6.45) is 6.16. The minimum Gasteiger partial charge on any atom is -0.363 e. The number of benzene rings is 1. The zero-order chi connectivity index (χ0) is 20.1. The number of anilines is 2. The van der Waals surface area contributed by atoms with Crippen LogP contribution in [0, 0.1) is 13.8 Å². The van der Waals surface area contributed by atoms with E-state index < -0.39 is 0 Å². The lowest BCUT2D eigenvalue weighted by atomic mass is 10.0. The molecule has 0 saturated carbocycles. The number of aromatic nitrogens is 4. The number of aryl methyl sites for hydroxylation is 2. The van der Waals surface area contributed by atoms with Crippen LogP contribution < -0.4 is 16.2 Å². The lowest BCUT2D eigenvalue weighted by molar-refractivity contribution is 0.0962. The van der Waals surface area contributed by atoms with E-state index in [-0.39, 0.29) is 11.9 Å². The van der Waals surface area contributed by atoms with E-state index in [1.807, 2.05) is 24.7 Å². The zero-order valence-electron chi connectivity index (χ0n) is 16.5. The minimum atomic E-state index is -0.321. The Morgan fingerprint density at radius 1 is 1.14 bits per heavy atom. The molecule has 8 heteroatoms. The van der Waals surface area contributed by atoms with Crippen molar-refractivity contribution >= 4 is 17.4 Å². The van der Waals surface area contributed by atoms with E-state index in [0.717, 1.165) is 0 Å². The second-order valence-corrected chi connectivity index (χ2v) is 6.90. The van der Waals surface area contributed by atoms with Gasteiger partial charge in [-0.15, -0.1) is 0 Å². The van der Waals surface area contributed by atoms with E-state index in [9.17, 15) is 4.79 Å². The molecule has 0 aliphatic heterocycles. The van der Waals surface area contributed by atoms with E-state index in [4.69, 9.17) is 0 Å². The van der Waals surface area contributed by atoms with Gasteiger partial charge in [0, 0.05) is 25.0 Å². The van der Waals surface area contributed by atoms with Crippen molar-refractivity contribution in [2.24, 2.45) is 0 Å². The number of amides is 1. The summed E-state index contributed by atoms with van der Waals surface area (Å²) in [6, 6.07) is 6.43. The highest BCUT2D eigenvalue weighted by molar-refractivity contribution is 5.94. The van der Waals surface area contributed by atoms with Gasteiger partial charge in [0.05, 0.1) is 11.8 Å². The average molecular weight is 379 g/mol. The Hall–Kier alpha value is -3.42. The summed E-state index contributed by atoms with van der Waals surface area (Å²) in [7, 11) is 0. The third-order valence-electron chi connectivity index (χ3n) is 4.47. The molecule has 0 spiro atoms. The Morgan fingerprint density at radius 3 is 2.46 bits per heavy atom. The molecule has 3 aromatic rings. The highest BCUT2D eigenvalue weighted by Gasteiger charge is 2.13. The maximum Gasteiger partial charge on any atom is 0.272 e. The van der Waals surface area contributed by atoms with Crippen molar-refractivity contribution in [3.05, 3.63) is 65.4 Å². The monoisotopic (exact) mass is 379 g/mol. The van der Waals surface area contributed by atoms with Crippen molar-refractivity contribution < 1.29 is 4.79 Å². The van der Waals surface area contributed by atoms with Gasteiger partial charge in [0.2, 0.25) is 0 Å². The summed E-state index contributed by atoms with van der Waals surface area (Å²) in [5.74, 6) is 0.347. The van der Waals surface area contributed by atoms with Crippen LogP contribution in [0.1, 0.15) is 46.9 Å². The van der Waals surface area contributed by atoms with Crippen LogP contribution >= 0.6 is 0 Å². The van der Waals surface area contributed by atoms with E-state index >= 15 is 0 Å². The van der Waals surface area contributed by atoms with Gasteiger partial charge in [0.25, 0.3) is 5.91 Å². The lowest BCUT2D eigenvalue weighted by Gasteiger charge is -2.12. The molecule has 0 saturated heterocycles. The predicted molar refractivity (Wildman–Crippen MR) is 109 cm³/mol. The van der Waals surface area contributed by atoms with Crippen molar-refractivity contribution in [2.45, 2.75) is 40.3 Å². The van der Waals surface area contributed by atoms with E-state index in [2.05, 4.69) is 63.3 Å². The van der Waals surface area contributed by atoms with Gasteiger partial charge < -0.3 is 5.32 Å². The molecule has 0 atom stereocenters. The average Bonchev–Trinajstić information content (AvgIpc) is 3.10. The first-order chi connectivity index (χ1) is 13.5. The molecule has 0 fully saturated rings. The van der Waals surface area contributed by atoms with Crippen LogP contribution in [-0.4, -0.2) is 25.7 Å². The molecule has 3 rings (SSSR count). The lowest BCUT2D eigenvalue weighted by Crippen LogP contribution is -2.29. The molecular weight excluding hydrogens is 354 g/mol. The van der Waals surface area contributed by atoms with E-state index in [1.165, 1.54) is 35.4 Å². The highest BCUT2D eigenvalue weighted by Crippen LogP contribution is 2.23. The fourth-order valence-electron chi connectivity index (χ4n) is 2.79. The quantitative estimate of drug-likeness (QED) is 0.545. The Kier molecular flexibility index (Phi) is 5.88. The summed E-state index contributed by atoms with van der Waals surface area (Å²) >= 11 is 0. The van der Waals surface area contributed by atoms with Crippen molar-refractivity contribution in [1.29, 1.82) is 0 Å². The van der Waals surface area contributed by atoms with Gasteiger partial charge in [-0.25, -0.2) is 9.97 Å². The Labute approximate surface area is 164 Å². The third kappa shape index (κ3) is 4.46. The second-order valence-electron chi connectivity index (χ2n) is 6.90. The van der Waals surface area contributed by atoms with Crippen LogP contribution in [0.4, 0.5) is 11.5 Å². The van der Waals surface area contributed by atoms with E-state index in [0.29, 0.717) is 23.6 Å². The number of hydrogen-bond donors (Lipinski definition) is 3. The molecule has 8 nitrogen and oxygen atoms in total. The number of carbonyl (C=O) groups is 1. The van der Waals surface area contributed by atoms with Crippen LogP contribution in [-0.2, 0) is 6.54 Å². The van der Waals surface area contributed by atoms with Crippen LogP contribution in [0.2, 0.25) is 0 Å². The number of nitrogens with zero attached hydrogens (tertiary/aromatic N) is 4. The van der Waals surface area contributed by atoms with Crippen LogP contribution in [0.5, 0.6) is 0 Å². The third-order valence-corrected chi connectivity index (χ3v) is 4.47. The van der Waals surface area contributed by atoms with Gasteiger partial charge in [0.1, 0.15) is 12.0 Å². The summed E-state index contributed by atoms with van der Waals surface area (Å²) in [5, 5.41) is 7.98. The largest absolute Gasteiger partial charge is 0.363 e. The summed E-state index contributed by atoms with van der Waals surface area (Å²) < 4.78 is 1.84. The molecular formula is C20H25N7O. The van der Waals surface area contributed by atoms with Crippen molar-refractivity contribution in [3.8, 4) is 0 Å². The molecule has 28 heavy (non-hydrogen) atoms. The number of hydrogen-bond acceptors (Lipinski definition) is 6. The van der Waals surface area contributed by atoms with Crippen LogP contribution in [0.25, 0.3) is 0 Å². The molecule has 1 amide bonds. The molecule has 2 aromatic heterocycles. The minimum absolute atomic E-state index is 0.189.